The molecule has 1 amide bonds. The summed E-state index contributed by atoms with van der Waals surface area (Å²) < 4.78 is 5.20. The zero-order chi connectivity index (χ0) is 16.2. The Morgan fingerprint density at radius 2 is 2.39 bits per heavy atom. The van der Waals surface area contributed by atoms with Crippen LogP contribution in [0.4, 0.5) is 0 Å². The third-order valence-corrected chi connectivity index (χ3v) is 5.07. The van der Waals surface area contributed by atoms with Gasteiger partial charge in [0, 0.05) is 49.3 Å². The van der Waals surface area contributed by atoms with Gasteiger partial charge in [0.2, 0.25) is 11.8 Å². The van der Waals surface area contributed by atoms with E-state index in [0.717, 1.165) is 30.9 Å². The molecule has 0 N–H and O–H groups in total. The van der Waals surface area contributed by atoms with Crippen LogP contribution in [0, 0.1) is 0 Å². The Labute approximate surface area is 139 Å². The van der Waals surface area contributed by atoms with Gasteiger partial charge in [-0.1, -0.05) is 19.0 Å². The van der Waals surface area contributed by atoms with Crippen molar-refractivity contribution in [3.63, 3.8) is 0 Å². The highest BCUT2D eigenvalue weighted by Crippen LogP contribution is 2.28. The predicted molar refractivity (Wildman–Crippen MR) is 87.4 cm³/mol. The van der Waals surface area contributed by atoms with E-state index in [1.807, 2.05) is 30.3 Å². The maximum Gasteiger partial charge on any atom is 0.227 e. The number of thiazole rings is 1. The first-order chi connectivity index (χ1) is 11.1. The minimum absolute atomic E-state index is 0.163. The number of nitrogens with zero attached hydrogens (tertiary/aromatic N) is 4. The van der Waals surface area contributed by atoms with Crippen molar-refractivity contribution in [3.8, 4) is 0 Å². The highest BCUT2D eigenvalue weighted by Gasteiger charge is 2.26. The van der Waals surface area contributed by atoms with Gasteiger partial charge < -0.3 is 9.42 Å². The Morgan fingerprint density at radius 1 is 1.52 bits per heavy atom. The molecule has 7 heteroatoms. The van der Waals surface area contributed by atoms with Gasteiger partial charge >= 0.3 is 0 Å². The molecule has 3 heterocycles. The van der Waals surface area contributed by atoms with E-state index in [1.165, 1.54) is 0 Å². The number of piperidine rings is 1. The number of hydrogen-bond acceptors (Lipinski definition) is 6. The van der Waals surface area contributed by atoms with Crippen LogP contribution in [0.3, 0.4) is 0 Å². The van der Waals surface area contributed by atoms with Crippen LogP contribution in [0.5, 0.6) is 0 Å². The molecule has 124 valence electrons. The highest BCUT2D eigenvalue weighted by atomic mass is 32.1. The molecule has 1 aliphatic rings. The van der Waals surface area contributed by atoms with Crippen LogP contribution < -0.4 is 0 Å². The summed E-state index contributed by atoms with van der Waals surface area (Å²) in [5.41, 5.74) is 0. The minimum Gasteiger partial charge on any atom is -0.342 e. The lowest BCUT2D eigenvalue weighted by atomic mass is 9.98. The first-order valence-electron chi connectivity index (χ1n) is 8.13. The maximum absolute atomic E-state index is 12.4. The molecule has 6 nitrogen and oxygen atoms in total. The van der Waals surface area contributed by atoms with Gasteiger partial charge in [-0.15, -0.1) is 11.3 Å². The summed E-state index contributed by atoms with van der Waals surface area (Å²) in [5, 5.41) is 7.07. The zero-order valence-electron chi connectivity index (χ0n) is 13.6. The molecule has 1 saturated heterocycles. The molecule has 1 fully saturated rings. The molecule has 0 saturated carbocycles. The molecule has 2 aromatic rings. The quantitative estimate of drug-likeness (QED) is 0.840. The summed E-state index contributed by atoms with van der Waals surface area (Å²) >= 11 is 1.68. The smallest absolute Gasteiger partial charge is 0.227 e. The van der Waals surface area contributed by atoms with Crippen molar-refractivity contribution in [2.75, 3.05) is 13.1 Å². The third kappa shape index (κ3) is 3.96. The fraction of sp³-hybridized carbons (Fsp3) is 0.625. The van der Waals surface area contributed by atoms with Gasteiger partial charge in [0.15, 0.2) is 5.82 Å². The molecule has 0 spiro atoms. The molecule has 0 radical (unpaired) electrons. The Hall–Kier alpha value is -1.76. The van der Waals surface area contributed by atoms with Crippen LogP contribution in [0.15, 0.2) is 16.1 Å². The molecule has 0 unspecified atom stereocenters. The Morgan fingerprint density at radius 3 is 3.09 bits per heavy atom. The second kappa shape index (κ2) is 7.21. The standard InChI is InChI=1S/C16H22N4O2S/c1-11(2)15-18-13(22-19-15)5-6-14(21)20-8-3-4-12(10-20)16-17-7-9-23-16/h7,9,11-12H,3-6,8,10H2,1-2H3/t12-/m0/s1. The maximum atomic E-state index is 12.4. The lowest BCUT2D eigenvalue weighted by molar-refractivity contribution is -0.132. The molecular formula is C16H22N4O2S. The number of aromatic nitrogens is 3. The summed E-state index contributed by atoms with van der Waals surface area (Å²) in [5.74, 6) is 2.04. The van der Waals surface area contributed by atoms with E-state index in [1.54, 1.807) is 11.3 Å². The number of likely N-dealkylation sites (tertiary alicyclic amines) is 1. The van der Waals surface area contributed by atoms with Crippen LogP contribution in [-0.2, 0) is 11.2 Å². The fourth-order valence-corrected chi connectivity index (χ4v) is 3.59. The van der Waals surface area contributed by atoms with Gasteiger partial charge in [0.05, 0.1) is 5.01 Å². The van der Waals surface area contributed by atoms with Crippen LogP contribution in [0.1, 0.15) is 61.7 Å². The average molecular weight is 334 g/mol. The largest absolute Gasteiger partial charge is 0.342 e. The van der Waals surface area contributed by atoms with E-state index >= 15 is 0 Å². The summed E-state index contributed by atoms with van der Waals surface area (Å²) in [7, 11) is 0. The highest BCUT2D eigenvalue weighted by molar-refractivity contribution is 7.09. The molecule has 0 aliphatic carbocycles. The van der Waals surface area contributed by atoms with E-state index in [0.29, 0.717) is 30.5 Å². The molecule has 2 aromatic heterocycles. The van der Waals surface area contributed by atoms with Gasteiger partial charge in [0.1, 0.15) is 0 Å². The zero-order valence-corrected chi connectivity index (χ0v) is 14.4. The summed E-state index contributed by atoms with van der Waals surface area (Å²) in [4.78, 5) is 23.1. The van der Waals surface area contributed by atoms with Crippen molar-refractivity contribution in [3.05, 3.63) is 28.3 Å². The molecule has 0 aromatic carbocycles. The second-order valence-corrected chi connectivity index (χ2v) is 7.18. The molecule has 1 atom stereocenters. The average Bonchev–Trinajstić information content (AvgIpc) is 3.24. The van der Waals surface area contributed by atoms with Gasteiger partial charge in [-0.05, 0) is 12.8 Å². The van der Waals surface area contributed by atoms with Gasteiger partial charge in [-0.2, -0.15) is 4.98 Å². The number of aryl methyl sites for hydroxylation is 1. The third-order valence-electron chi connectivity index (χ3n) is 4.13. The van der Waals surface area contributed by atoms with E-state index in [-0.39, 0.29) is 11.8 Å². The van der Waals surface area contributed by atoms with E-state index in [9.17, 15) is 4.79 Å². The number of carbonyl (C=O) groups excluding carboxylic acids is 1. The number of rotatable bonds is 5. The first kappa shape index (κ1) is 16.1. The van der Waals surface area contributed by atoms with Crippen molar-refractivity contribution < 1.29 is 9.32 Å². The lowest BCUT2D eigenvalue weighted by Crippen LogP contribution is -2.39. The number of carbonyl (C=O) groups is 1. The van der Waals surface area contributed by atoms with Crippen molar-refractivity contribution in [1.82, 2.24) is 20.0 Å². The van der Waals surface area contributed by atoms with Crippen LogP contribution in [0.25, 0.3) is 0 Å². The first-order valence-corrected chi connectivity index (χ1v) is 9.01. The van der Waals surface area contributed by atoms with E-state index < -0.39 is 0 Å². The number of amides is 1. The van der Waals surface area contributed by atoms with Crippen LogP contribution in [-0.4, -0.2) is 39.0 Å². The minimum atomic E-state index is 0.163. The van der Waals surface area contributed by atoms with Crippen LogP contribution >= 0.6 is 11.3 Å². The van der Waals surface area contributed by atoms with Crippen molar-refractivity contribution in [1.29, 1.82) is 0 Å². The Bertz CT molecular complexity index is 638. The monoisotopic (exact) mass is 334 g/mol. The van der Waals surface area contributed by atoms with Crippen LogP contribution in [0.2, 0.25) is 0 Å². The summed E-state index contributed by atoms with van der Waals surface area (Å²) in [6, 6.07) is 0. The van der Waals surface area contributed by atoms with Gasteiger partial charge in [-0.3, -0.25) is 4.79 Å². The fourth-order valence-electron chi connectivity index (χ4n) is 2.82. The van der Waals surface area contributed by atoms with Gasteiger partial charge in [-0.25, -0.2) is 4.98 Å². The molecular weight excluding hydrogens is 312 g/mol. The predicted octanol–water partition coefficient (Wildman–Crippen LogP) is 2.99. The number of hydrogen-bond donors (Lipinski definition) is 0. The molecule has 3 rings (SSSR count). The van der Waals surface area contributed by atoms with E-state index in [2.05, 4.69) is 15.1 Å². The Balaban J connectivity index is 1.53. The van der Waals surface area contributed by atoms with Gasteiger partial charge in [0.25, 0.3) is 0 Å². The lowest BCUT2D eigenvalue weighted by Gasteiger charge is -2.31. The molecule has 23 heavy (non-hydrogen) atoms. The second-order valence-electron chi connectivity index (χ2n) is 6.25. The topological polar surface area (TPSA) is 72.1 Å². The Kier molecular flexibility index (Phi) is 5.05. The SMILES string of the molecule is CC(C)c1noc(CCC(=O)N2CCC[C@H](c3nccs3)C2)n1. The molecule has 0 bridgehead atoms. The molecule has 1 aliphatic heterocycles. The normalized spacial score (nSPS) is 18.6. The van der Waals surface area contributed by atoms with Crippen molar-refractivity contribution in [2.24, 2.45) is 0 Å². The van der Waals surface area contributed by atoms with Crippen molar-refractivity contribution in [2.45, 2.75) is 51.4 Å². The summed E-state index contributed by atoms with van der Waals surface area (Å²) in [6.07, 6.45) is 4.91. The van der Waals surface area contributed by atoms with Crippen molar-refractivity contribution >= 4 is 17.2 Å². The van der Waals surface area contributed by atoms with E-state index in [4.69, 9.17) is 4.52 Å². The summed E-state index contributed by atoms with van der Waals surface area (Å²) in [6.45, 7) is 5.65.